The number of anilines is 3. The van der Waals surface area contributed by atoms with E-state index in [1.165, 1.54) is 38.5 Å². The van der Waals surface area contributed by atoms with Gasteiger partial charge in [-0.3, -0.25) is 5.73 Å². The molecule has 0 bridgehead atoms. The van der Waals surface area contributed by atoms with Crippen LogP contribution in [0.1, 0.15) is 107 Å². The highest BCUT2D eigenvalue weighted by Crippen LogP contribution is 2.17. The first kappa shape index (κ1) is 40.4. The highest BCUT2D eigenvalue weighted by Gasteiger charge is 2.17. The van der Waals surface area contributed by atoms with Crippen molar-refractivity contribution in [3.63, 3.8) is 0 Å². The molecule has 1 aromatic carbocycles. The first-order valence-electron chi connectivity index (χ1n) is 17.0. The van der Waals surface area contributed by atoms with E-state index < -0.39 is 23.4 Å². The molecule has 0 saturated heterocycles. The molecule has 0 atom stereocenters. The number of hydrogen-bond acceptors (Lipinski definition) is 7. The van der Waals surface area contributed by atoms with Crippen LogP contribution < -0.4 is 31.6 Å². The molecule has 0 saturated carbocycles. The molecule has 11 heteroatoms. The van der Waals surface area contributed by atoms with Gasteiger partial charge in [0.2, 0.25) is 0 Å². The number of ether oxygens (including phenoxy) is 2. The van der Waals surface area contributed by atoms with E-state index in [0.29, 0.717) is 18.8 Å². The van der Waals surface area contributed by atoms with E-state index in [1.807, 2.05) is 65.8 Å². The van der Waals surface area contributed by atoms with Crippen molar-refractivity contribution in [1.29, 1.82) is 0 Å². The summed E-state index contributed by atoms with van der Waals surface area (Å²) < 4.78 is 14.8. The van der Waals surface area contributed by atoms with Gasteiger partial charge < -0.3 is 30.7 Å². The minimum absolute atomic E-state index is 0.414. The van der Waals surface area contributed by atoms with Crippen molar-refractivity contribution in [2.45, 2.75) is 131 Å². The third-order valence-electron chi connectivity index (χ3n) is 6.82. The second-order valence-electron chi connectivity index (χ2n) is 13.6. The number of aromatic nitrogens is 2. The molecule has 0 radical (unpaired) electrons. The Hall–Kier alpha value is -3.63. The van der Waals surface area contributed by atoms with E-state index in [1.54, 1.807) is 0 Å². The molecule has 2 rings (SSSR count). The zero-order valence-electron chi connectivity index (χ0n) is 30.0. The molecule has 0 aliphatic heterocycles. The van der Waals surface area contributed by atoms with Crippen molar-refractivity contribution in [2.75, 3.05) is 42.5 Å². The summed E-state index contributed by atoms with van der Waals surface area (Å²) in [5.74, 6) is 0.909. The molecular formula is C35H64N7O4+. The highest BCUT2D eigenvalue weighted by atomic mass is 16.6. The van der Waals surface area contributed by atoms with E-state index in [2.05, 4.69) is 50.9 Å². The Kier molecular flexibility index (Phi) is 18.6. The second kappa shape index (κ2) is 21.2. The van der Waals surface area contributed by atoms with Crippen LogP contribution in [0.2, 0.25) is 0 Å². The fourth-order valence-electron chi connectivity index (χ4n) is 4.53. The van der Waals surface area contributed by atoms with Crippen LogP contribution in [0.15, 0.2) is 36.7 Å². The number of amides is 2. The number of imidazole rings is 1. The van der Waals surface area contributed by atoms with Gasteiger partial charge in [0.15, 0.2) is 0 Å². The predicted molar refractivity (Wildman–Crippen MR) is 189 cm³/mol. The van der Waals surface area contributed by atoms with Crippen LogP contribution >= 0.6 is 0 Å². The molecule has 46 heavy (non-hydrogen) atoms. The zero-order valence-corrected chi connectivity index (χ0v) is 30.0. The molecule has 0 aliphatic rings. The molecule has 1 heterocycles. The topological polar surface area (TPSA) is 141 Å². The van der Waals surface area contributed by atoms with Crippen LogP contribution in [-0.4, -0.2) is 54.1 Å². The molecule has 1 aromatic heterocycles. The van der Waals surface area contributed by atoms with E-state index in [4.69, 9.17) is 20.9 Å². The number of alkyl carbamates (subject to hydrolysis) is 2. The van der Waals surface area contributed by atoms with Gasteiger partial charge in [0.25, 0.3) is 0 Å². The summed E-state index contributed by atoms with van der Waals surface area (Å²) in [6.45, 7) is 20.1. The van der Waals surface area contributed by atoms with Gasteiger partial charge in [-0.05, 0) is 91.5 Å². The summed E-state index contributed by atoms with van der Waals surface area (Å²) in [5, 5.41) is 5.56. The lowest BCUT2D eigenvalue weighted by Gasteiger charge is -2.26. The number of aryl methyl sites for hydroxylation is 2. The average molecular weight is 647 g/mol. The number of nitrogen functional groups attached to an aromatic ring is 2. The monoisotopic (exact) mass is 647 g/mol. The smallest absolute Gasteiger partial charge is 0.407 e. The van der Waals surface area contributed by atoms with E-state index in [9.17, 15) is 9.59 Å². The lowest BCUT2D eigenvalue weighted by atomic mass is 10.2. The molecule has 262 valence electrons. The standard InChI is InChI=1S/C22H38N4O4.C13H25N3/c1-21(2,3)29-19(27)24-13-7-15-26(18-11-9-17(23)10-12-18)16-8-14-25-20(28)30-22(4,5)6;1-3-5-7-9-15-11-12-16(13(15)14)10-8-6-4-2/h9-12H,7-8,13-16,23H2,1-6H3,(H,24,27)(H,25,28);11-12,14H,3-10H2,1-2H3/p+1. The number of unbranched alkanes of at least 4 members (excludes halogenated alkanes) is 4. The van der Waals surface area contributed by atoms with Gasteiger partial charge in [0.1, 0.15) is 11.2 Å². The fraction of sp³-hybridized carbons (Fsp3) is 0.686. The Morgan fingerprint density at radius 3 is 1.76 bits per heavy atom. The molecule has 2 amide bonds. The maximum absolute atomic E-state index is 11.8. The van der Waals surface area contributed by atoms with Gasteiger partial charge in [-0.1, -0.05) is 39.5 Å². The SMILES string of the molecule is CC(C)(C)OC(=O)NCCCN(CCCNC(=O)OC(C)(C)C)c1ccc(N)cc1.CCCCCn1cc[n+](CCCCC)c1N. The molecular weight excluding hydrogens is 582 g/mol. The number of carbonyl (C=O) groups excluding carboxylic acids is 2. The van der Waals surface area contributed by atoms with Crippen LogP contribution in [0, 0.1) is 0 Å². The first-order chi connectivity index (χ1) is 21.6. The van der Waals surface area contributed by atoms with Gasteiger partial charge >= 0.3 is 18.1 Å². The quantitative estimate of drug-likeness (QED) is 0.0858. The Morgan fingerprint density at radius 1 is 0.783 bits per heavy atom. The molecule has 0 fully saturated rings. The van der Waals surface area contributed by atoms with Gasteiger partial charge in [-0.2, -0.15) is 0 Å². The number of nitrogens with zero attached hydrogens (tertiary/aromatic N) is 3. The number of carbonyl (C=O) groups is 2. The molecule has 0 spiro atoms. The van der Waals surface area contributed by atoms with E-state index in [0.717, 1.165) is 50.7 Å². The molecule has 0 unspecified atom stereocenters. The summed E-state index contributed by atoms with van der Waals surface area (Å²) >= 11 is 0. The van der Waals surface area contributed by atoms with Crippen molar-refractivity contribution < 1.29 is 23.6 Å². The minimum atomic E-state index is -0.513. The van der Waals surface area contributed by atoms with Crippen LogP contribution in [0.3, 0.4) is 0 Å². The summed E-state index contributed by atoms with van der Waals surface area (Å²) in [6, 6.07) is 7.66. The third kappa shape index (κ3) is 19.0. The number of hydrogen-bond donors (Lipinski definition) is 4. The Labute approximate surface area is 278 Å². The maximum atomic E-state index is 11.8. The van der Waals surface area contributed by atoms with Crippen molar-refractivity contribution >= 4 is 29.5 Å². The number of rotatable bonds is 17. The van der Waals surface area contributed by atoms with Gasteiger partial charge in [0, 0.05) is 37.6 Å². The van der Waals surface area contributed by atoms with Gasteiger partial charge in [0.05, 0.1) is 25.5 Å². The normalized spacial score (nSPS) is 11.3. The van der Waals surface area contributed by atoms with Crippen molar-refractivity contribution in [2.24, 2.45) is 0 Å². The van der Waals surface area contributed by atoms with Crippen LogP contribution in [0.25, 0.3) is 0 Å². The molecule has 6 N–H and O–H groups in total. The molecule has 0 aliphatic carbocycles. The van der Waals surface area contributed by atoms with Crippen LogP contribution in [0.5, 0.6) is 0 Å². The second-order valence-corrected chi connectivity index (χ2v) is 13.6. The van der Waals surface area contributed by atoms with Gasteiger partial charge in [-0.15, -0.1) is 0 Å². The average Bonchev–Trinajstić information content (AvgIpc) is 3.30. The van der Waals surface area contributed by atoms with Crippen LogP contribution in [-0.2, 0) is 22.6 Å². The van der Waals surface area contributed by atoms with Crippen molar-refractivity contribution in [3.8, 4) is 0 Å². The zero-order chi connectivity index (χ0) is 34.6. The molecule has 11 nitrogen and oxygen atoms in total. The molecule has 2 aromatic rings. The minimum Gasteiger partial charge on any atom is -0.444 e. The largest absolute Gasteiger partial charge is 0.444 e. The summed E-state index contributed by atoms with van der Waals surface area (Å²) in [5.41, 5.74) is 12.6. The first-order valence-corrected chi connectivity index (χ1v) is 17.0. The Balaban J connectivity index is 0.000000554. The Morgan fingerprint density at radius 2 is 1.28 bits per heavy atom. The van der Waals surface area contributed by atoms with Crippen molar-refractivity contribution in [1.82, 2.24) is 15.2 Å². The summed E-state index contributed by atoms with van der Waals surface area (Å²) in [4.78, 5) is 25.7. The van der Waals surface area contributed by atoms with E-state index in [-0.39, 0.29) is 0 Å². The lowest BCUT2D eigenvalue weighted by molar-refractivity contribution is -0.682. The van der Waals surface area contributed by atoms with E-state index >= 15 is 0 Å². The Bertz CT molecular complexity index is 1060. The number of nitrogens with two attached hydrogens (primary N) is 2. The fourth-order valence-corrected chi connectivity index (χ4v) is 4.53. The maximum Gasteiger partial charge on any atom is 0.407 e. The summed E-state index contributed by atoms with van der Waals surface area (Å²) in [6.07, 6.45) is 12.4. The highest BCUT2D eigenvalue weighted by molar-refractivity contribution is 5.68. The number of nitrogens with one attached hydrogen (secondary N) is 2. The van der Waals surface area contributed by atoms with Crippen LogP contribution in [0.4, 0.5) is 26.9 Å². The third-order valence-corrected chi connectivity index (χ3v) is 6.82. The number of benzene rings is 1. The predicted octanol–water partition coefficient (Wildman–Crippen LogP) is 6.64. The summed E-state index contributed by atoms with van der Waals surface area (Å²) in [7, 11) is 0. The lowest BCUT2D eigenvalue weighted by Crippen LogP contribution is -2.36. The van der Waals surface area contributed by atoms with Crippen molar-refractivity contribution in [3.05, 3.63) is 36.7 Å². The van der Waals surface area contributed by atoms with Gasteiger partial charge in [-0.25, -0.2) is 18.7 Å².